The van der Waals surface area contributed by atoms with Crippen LogP contribution in [0.1, 0.15) is 19.8 Å². The van der Waals surface area contributed by atoms with Gasteiger partial charge >= 0.3 is 0 Å². The fourth-order valence-corrected chi connectivity index (χ4v) is 3.34. The second kappa shape index (κ2) is 6.07. The summed E-state index contributed by atoms with van der Waals surface area (Å²) in [5.74, 6) is 0.323. The molecule has 0 aliphatic carbocycles. The van der Waals surface area contributed by atoms with Gasteiger partial charge in [0.25, 0.3) is 5.56 Å². The number of hydrogen-bond donors (Lipinski definition) is 2. The van der Waals surface area contributed by atoms with Gasteiger partial charge in [0.15, 0.2) is 11.6 Å². The Bertz CT molecular complexity index is 1030. The van der Waals surface area contributed by atoms with E-state index in [0.717, 1.165) is 25.9 Å². The number of benzene rings is 1. The molecule has 0 spiro atoms. The van der Waals surface area contributed by atoms with E-state index in [1.165, 1.54) is 22.6 Å². The monoisotopic (exact) mass is 376 g/mol. The van der Waals surface area contributed by atoms with Crippen molar-refractivity contribution in [1.29, 1.82) is 0 Å². The van der Waals surface area contributed by atoms with Crippen LogP contribution in [0, 0.1) is 5.82 Å². The Morgan fingerprint density at radius 2 is 2.08 bits per heavy atom. The lowest BCUT2D eigenvalue weighted by atomic mass is 9.91. The summed E-state index contributed by atoms with van der Waals surface area (Å²) < 4.78 is 15.6. The number of nitrogens with zero attached hydrogens (tertiary/aromatic N) is 4. The van der Waals surface area contributed by atoms with Gasteiger partial charge in [0.2, 0.25) is 5.78 Å². The molecule has 1 fully saturated rings. The lowest BCUT2D eigenvalue weighted by Gasteiger charge is -2.37. The Kier molecular flexibility index (Phi) is 3.96. The third kappa shape index (κ3) is 2.85. The van der Waals surface area contributed by atoms with Crippen LogP contribution in [-0.4, -0.2) is 38.2 Å². The molecular weight excluding hydrogens is 359 g/mol. The lowest BCUT2D eigenvalue weighted by Crippen LogP contribution is -2.48. The van der Waals surface area contributed by atoms with Crippen molar-refractivity contribution in [2.24, 2.45) is 5.73 Å². The minimum atomic E-state index is -0.628. The first-order chi connectivity index (χ1) is 12.4. The van der Waals surface area contributed by atoms with Gasteiger partial charge in [0.1, 0.15) is 5.82 Å². The van der Waals surface area contributed by atoms with Gasteiger partial charge in [0, 0.05) is 24.7 Å². The van der Waals surface area contributed by atoms with Crippen LogP contribution in [0.4, 0.5) is 10.2 Å². The van der Waals surface area contributed by atoms with Crippen LogP contribution >= 0.6 is 11.6 Å². The zero-order chi connectivity index (χ0) is 18.5. The van der Waals surface area contributed by atoms with E-state index in [1.54, 1.807) is 6.07 Å². The number of fused-ring (bicyclic) bond motifs is 1. The molecule has 7 nitrogen and oxygen atoms in total. The van der Waals surface area contributed by atoms with Crippen LogP contribution in [0.25, 0.3) is 17.2 Å². The number of nitrogens with one attached hydrogen (secondary N) is 1. The Morgan fingerprint density at radius 3 is 2.81 bits per heavy atom. The lowest BCUT2D eigenvalue weighted by molar-refractivity contribution is 0.363. The maximum atomic E-state index is 14.3. The third-order valence-electron chi connectivity index (χ3n) is 4.80. The van der Waals surface area contributed by atoms with E-state index < -0.39 is 5.82 Å². The summed E-state index contributed by atoms with van der Waals surface area (Å²) in [4.78, 5) is 19.2. The van der Waals surface area contributed by atoms with E-state index in [4.69, 9.17) is 17.3 Å². The summed E-state index contributed by atoms with van der Waals surface area (Å²) in [6.07, 6.45) is 1.63. The van der Waals surface area contributed by atoms with Crippen LogP contribution in [-0.2, 0) is 0 Å². The molecule has 9 heteroatoms. The van der Waals surface area contributed by atoms with Gasteiger partial charge in [-0.25, -0.2) is 13.9 Å². The van der Waals surface area contributed by atoms with Crippen molar-refractivity contribution in [3.8, 4) is 11.4 Å². The normalized spacial score (nSPS) is 17.0. The molecular formula is C17H18ClFN6O. The zero-order valence-corrected chi connectivity index (χ0v) is 14.9. The van der Waals surface area contributed by atoms with Crippen molar-refractivity contribution in [2.45, 2.75) is 25.3 Å². The topological polar surface area (TPSA) is 92.3 Å². The molecule has 0 amide bonds. The van der Waals surface area contributed by atoms with Crippen molar-refractivity contribution in [3.63, 3.8) is 0 Å². The van der Waals surface area contributed by atoms with Gasteiger partial charge in [-0.2, -0.15) is 10.1 Å². The molecule has 4 rings (SSSR count). The van der Waals surface area contributed by atoms with Crippen molar-refractivity contribution < 1.29 is 4.39 Å². The van der Waals surface area contributed by atoms with Crippen LogP contribution in [0.15, 0.2) is 29.1 Å². The summed E-state index contributed by atoms with van der Waals surface area (Å²) in [5, 5.41) is 6.75. The van der Waals surface area contributed by atoms with Crippen LogP contribution in [0.5, 0.6) is 0 Å². The van der Waals surface area contributed by atoms with E-state index in [2.05, 4.69) is 15.2 Å². The van der Waals surface area contributed by atoms with E-state index in [9.17, 15) is 9.18 Å². The van der Waals surface area contributed by atoms with E-state index in [-0.39, 0.29) is 33.3 Å². The van der Waals surface area contributed by atoms with Crippen LogP contribution in [0.3, 0.4) is 0 Å². The summed E-state index contributed by atoms with van der Waals surface area (Å²) in [6, 6.07) is 6.00. The number of hydrogen-bond acceptors (Lipinski definition) is 5. The molecule has 0 atom stereocenters. The molecule has 1 aliphatic rings. The Hall–Kier alpha value is -2.45. The van der Waals surface area contributed by atoms with Gasteiger partial charge in [-0.1, -0.05) is 17.7 Å². The number of aromatic nitrogens is 4. The minimum absolute atomic E-state index is 0.0329. The molecule has 136 valence electrons. The fourth-order valence-electron chi connectivity index (χ4n) is 3.17. The summed E-state index contributed by atoms with van der Waals surface area (Å²) >= 11 is 5.84. The second-order valence-corrected chi connectivity index (χ2v) is 7.31. The number of rotatable bonds is 2. The van der Waals surface area contributed by atoms with Gasteiger partial charge in [-0.3, -0.25) is 4.79 Å². The van der Waals surface area contributed by atoms with Gasteiger partial charge in [-0.05, 0) is 31.9 Å². The quantitative estimate of drug-likeness (QED) is 0.715. The average molecular weight is 377 g/mol. The summed E-state index contributed by atoms with van der Waals surface area (Å²) in [5.41, 5.74) is 5.76. The van der Waals surface area contributed by atoms with E-state index in [1.807, 2.05) is 11.8 Å². The highest BCUT2D eigenvalue weighted by Gasteiger charge is 2.27. The van der Waals surface area contributed by atoms with Gasteiger partial charge in [-0.15, -0.1) is 0 Å². The SMILES string of the molecule is CC1(N)CCN(c2cc(=O)n3c(-c4cccc(Cl)c4F)n[nH]c3n2)CC1. The molecule has 3 aromatic rings. The highest BCUT2D eigenvalue weighted by molar-refractivity contribution is 6.31. The first-order valence-electron chi connectivity index (χ1n) is 8.32. The Morgan fingerprint density at radius 1 is 1.35 bits per heavy atom. The maximum absolute atomic E-state index is 14.3. The molecule has 3 heterocycles. The minimum Gasteiger partial charge on any atom is -0.356 e. The fraction of sp³-hybridized carbons (Fsp3) is 0.353. The summed E-state index contributed by atoms with van der Waals surface area (Å²) in [6.45, 7) is 3.47. The molecule has 1 aromatic carbocycles. The number of halogens is 2. The van der Waals surface area contributed by atoms with Crippen molar-refractivity contribution in [3.05, 3.63) is 45.5 Å². The highest BCUT2D eigenvalue weighted by atomic mass is 35.5. The second-order valence-electron chi connectivity index (χ2n) is 6.90. The standard InChI is InChI=1S/C17H18ClFN6O/c1-17(20)5-7-24(8-6-17)12-9-13(26)25-15(22-23-16(25)21-12)10-3-2-4-11(18)14(10)19/h2-4,9H,5-8,20H2,1H3,(H,21,23). The molecule has 2 aromatic heterocycles. The molecule has 0 bridgehead atoms. The molecule has 0 unspecified atom stereocenters. The third-order valence-corrected chi connectivity index (χ3v) is 5.09. The molecule has 0 radical (unpaired) electrons. The molecule has 0 saturated carbocycles. The Balaban J connectivity index is 1.77. The maximum Gasteiger partial charge on any atom is 0.262 e. The van der Waals surface area contributed by atoms with Crippen LogP contribution in [0.2, 0.25) is 5.02 Å². The van der Waals surface area contributed by atoms with Gasteiger partial charge in [0.05, 0.1) is 10.6 Å². The number of aromatic amines is 1. The Labute approximate surface area is 153 Å². The predicted molar refractivity (Wildman–Crippen MR) is 98.1 cm³/mol. The van der Waals surface area contributed by atoms with E-state index in [0.29, 0.717) is 5.82 Å². The zero-order valence-electron chi connectivity index (χ0n) is 14.2. The predicted octanol–water partition coefficient (Wildman–Crippen LogP) is 2.19. The molecule has 1 saturated heterocycles. The number of nitrogens with two attached hydrogens (primary N) is 1. The van der Waals surface area contributed by atoms with Crippen LogP contribution < -0.4 is 16.2 Å². The first-order valence-corrected chi connectivity index (χ1v) is 8.70. The van der Waals surface area contributed by atoms with Crippen molar-refractivity contribution >= 4 is 23.2 Å². The molecule has 1 aliphatic heterocycles. The number of piperidine rings is 1. The smallest absolute Gasteiger partial charge is 0.262 e. The van der Waals surface area contributed by atoms with Gasteiger partial charge < -0.3 is 10.6 Å². The number of anilines is 1. The average Bonchev–Trinajstić information content (AvgIpc) is 3.01. The largest absolute Gasteiger partial charge is 0.356 e. The first kappa shape index (κ1) is 17.0. The summed E-state index contributed by atoms with van der Waals surface area (Å²) in [7, 11) is 0. The molecule has 3 N–H and O–H groups in total. The van der Waals surface area contributed by atoms with Crippen molar-refractivity contribution in [2.75, 3.05) is 18.0 Å². The van der Waals surface area contributed by atoms with E-state index >= 15 is 0 Å². The number of H-pyrrole nitrogens is 1. The highest BCUT2D eigenvalue weighted by Crippen LogP contribution is 2.27. The molecule has 26 heavy (non-hydrogen) atoms. The van der Waals surface area contributed by atoms with Crippen molar-refractivity contribution in [1.82, 2.24) is 19.6 Å².